The van der Waals surface area contributed by atoms with Crippen molar-refractivity contribution in [1.29, 1.82) is 0 Å². The van der Waals surface area contributed by atoms with Crippen LogP contribution >= 0.6 is 11.3 Å². The van der Waals surface area contributed by atoms with E-state index in [1.165, 1.54) is 16.9 Å². The summed E-state index contributed by atoms with van der Waals surface area (Å²) < 4.78 is 0. The highest BCUT2D eigenvalue weighted by Gasteiger charge is 2.20. The zero-order chi connectivity index (χ0) is 16.5. The van der Waals surface area contributed by atoms with Gasteiger partial charge < -0.3 is 10.2 Å². The molecule has 0 aliphatic carbocycles. The number of benzene rings is 1. The zero-order valence-electron chi connectivity index (χ0n) is 13.8. The lowest BCUT2D eigenvalue weighted by Gasteiger charge is -2.20. The molecule has 126 valence electrons. The molecule has 3 heterocycles. The van der Waals surface area contributed by atoms with Crippen LogP contribution in [0.25, 0.3) is 0 Å². The second-order valence-electron chi connectivity index (χ2n) is 6.61. The lowest BCUT2D eigenvalue weighted by Crippen LogP contribution is -2.25. The van der Waals surface area contributed by atoms with Gasteiger partial charge >= 0.3 is 0 Å². The van der Waals surface area contributed by atoms with Crippen molar-refractivity contribution >= 4 is 22.4 Å². The molecule has 2 N–H and O–H groups in total. The summed E-state index contributed by atoms with van der Waals surface area (Å²) in [5, 5.41) is 7.17. The van der Waals surface area contributed by atoms with Gasteiger partial charge in [0.15, 0.2) is 5.13 Å². The number of fused-ring (bicyclic) bond motifs is 1. The van der Waals surface area contributed by atoms with Crippen LogP contribution in [0.1, 0.15) is 45.4 Å². The molecule has 2 aliphatic heterocycles. The second kappa shape index (κ2) is 6.63. The van der Waals surface area contributed by atoms with Crippen molar-refractivity contribution in [2.24, 2.45) is 0 Å². The van der Waals surface area contributed by atoms with E-state index in [9.17, 15) is 4.79 Å². The van der Waals surface area contributed by atoms with Gasteiger partial charge in [0, 0.05) is 36.0 Å². The van der Waals surface area contributed by atoms with Gasteiger partial charge in [-0.05, 0) is 44.1 Å². The highest BCUT2D eigenvalue weighted by Crippen LogP contribution is 2.28. The van der Waals surface area contributed by atoms with E-state index in [4.69, 9.17) is 0 Å². The molecule has 0 bridgehead atoms. The highest BCUT2D eigenvalue weighted by molar-refractivity contribution is 7.15. The Morgan fingerprint density at radius 1 is 1.46 bits per heavy atom. The highest BCUT2D eigenvalue weighted by atomic mass is 32.1. The molecule has 1 aromatic heterocycles. The monoisotopic (exact) mass is 342 g/mol. The molecule has 1 fully saturated rings. The van der Waals surface area contributed by atoms with E-state index in [2.05, 4.69) is 33.6 Å². The number of amides is 1. The molecule has 2 aromatic rings. The van der Waals surface area contributed by atoms with Gasteiger partial charge in [0.25, 0.3) is 5.91 Å². The van der Waals surface area contributed by atoms with Crippen LogP contribution in [0.5, 0.6) is 0 Å². The third kappa shape index (κ3) is 3.22. The van der Waals surface area contributed by atoms with E-state index in [0.29, 0.717) is 16.7 Å². The molecular weight excluding hydrogens is 320 g/mol. The van der Waals surface area contributed by atoms with Gasteiger partial charge in [-0.2, -0.15) is 0 Å². The van der Waals surface area contributed by atoms with Crippen LogP contribution in [0, 0.1) is 0 Å². The molecule has 6 heteroatoms. The third-order valence-corrected chi connectivity index (χ3v) is 5.75. The van der Waals surface area contributed by atoms with Crippen LogP contribution in [-0.4, -0.2) is 35.9 Å². The minimum Gasteiger partial charge on any atom is -0.310 e. The maximum atomic E-state index is 12.6. The number of nitrogens with zero attached hydrogens (tertiary/aromatic N) is 2. The van der Waals surface area contributed by atoms with Gasteiger partial charge in [-0.1, -0.05) is 12.1 Å². The summed E-state index contributed by atoms with van der Waals surface area (Å²) in [5.41, 5.74) is 3.03. The van der Waals surface area contributed by atoms with Crippen LogP contribution in [0.4, 0.5) is 5.13 Å². The Labute approximate surface area is 146 Å². The molecular formula is C18H22N4OS. The van der Waals surface area contributed by atoms with Crippen molar-refractivity contribution in [1.82, 2.24) is 15.2 Å². The summed E-state index contributed by atoms with van der Waals surface area (Å²) >= 11 is 1.59. The topological polar surface area (TPSA) is 57.3 Å². The number of thiazole rings is 1. The van der Waals surface area contributed by atoms with Crippen molar-refractivity contribution in [3.8, 4) is 0 Å². The number of carbonyl (C=O) groups excluding carboxylic acids is 1. The van der Waals surface area contributed by atoms with E-state index >= 15 is 0 Å². The van der Waals surface area contributed by atoms with E-state index in [1.807, 2.05) is 18.2 Å². The van der Waals surface area contributed by atoms with Crippen molar-refractivity contribution in [2.75, 3.05) is 25.5 Å². The number of hydrogen-bond acceptors (Lipinski definition) is 5. The minimum atomic E-state index is -0.0747. The van der Waals surface area contributed by atoms with E-state index < -0.39 is 0 Å². The van der Waals surface area contributed by atoms with Crippen molar-refractivity contribution in [2.45, 2.75) is 31.8 Å². The first-order chi connectivity index (χ1) is 11.7. The maximum Gasteiger partial charge on any atom is 0.257 e. The summed E-state index contributed by atoms with van der Waals surface area (Å²) in [7, 11) is 2.11. The predicted molar refractivity (Wildman–Crippen MR) is 96.5 cm³/mol. The molecule has 24 heavy (non-hydrogen) atoms. The lowest BCUT2D eigenvalue weighted by atomic mass is 10.0. The van der Waals surface area contributed by atoms with Crippen LogP contribution < -0.4 is 10.6 Å². The number of hydrogen-bond donors (Lipinski definition) is 2. The maximum absolute atomic E-state index is 12.6. The predicted octanol–water partition coefficient (Wildman–Crippen LogP) is 2.81. The smallest absolute Gasteiger partial charge is 0.257 e. The Balaban J connectivity index is 1.49. The summed E-state index contributed by atoms with van der Waals surface area (Å²) in [6, 6.07) is 8.30. The Bertz CT molecular complexity index is 751. The SMILES string of the molecule is CN1CCc2nc(NC(=O)c3cccc([C@H]4CCCN4)c3)sc2C1. The summed E-state index contributed by atoms with van der Waals surface area (Å²) in [4.78, 5) is 20.7. The summed E-state index contributed by atoms with van der Waals surface area (Å²) in [6.45, 7) is 3.01. The van der Waals surface area contributed by atoms with Crippen LogP contribution in [0.15, 0.2) is 24.3 Å². The normalized spacial score (nSPS) is 20.8. The molecule has 5 nitrogen and oxygen atoms in total. The lowest BCUT2D eigenvalue weighted by molar-refractivity contribution is 0.102. The fraction of sp³-hybridized carbons (Fsp3) is 0.444. The quantitative estimate of drug-likeness (QED) is 0.901. The number of aromatic nitrogens is 1. The number of nitrogens with one attached hydrogen (secondary N) is 2. The number of rotatable bonds is 3. The fourth-order valence-electron chi connectivity index (χ4n) is 3.41. The fourth-order valence-corrected chi connectivity index (χ4v) is 4.50. The first-order valence-electron chi connectivity index (χ1n) is 8.51. The van der Waals surface area contributed by atoms with Crippen LogP contribution in [-0.2, 0) is 13.0 Å². The number of anilines is 1. The molecule has 0 spiro atoms. The van der Waals surface area contributed by atoms with Gasteiger partial charge in [-0.25, -0.2) is 4.98 Å². The average Bonchev–Trinajstić information content (AvgIpc) is 3.23. The third-order valence-electron chi connectivity index (χ3n) is 4.75. The number of carbonyl (C=O) groups is 1. The van der Waals surface area contributed by atoms with Crippen molar-refractivity contribution in [3.63, 3.8) is 0 Å². The Morgan fingerprint density at radius 3 is 3.21 bits per heavy atom. The summed E-state index contributed by atoms with van der Waals surface area (Å²) in [5.74, 6) is -0.0747. The Kier molecular flexibility index (Phi) is 4.35. The van der Waals surface area contributed by atoms with Gasteiger partial charge in [0.1, 0.15) is 0 Å². The molecule has 2 aliphatic rings. The molecule has 1 amide bonds. The molecule has 1 atom stereocenters. The molecule has 4 rings (SSSR count). The van der Waals surface area contributed by atoms with Crippen LogP contribution in [0.3, 0.4) is 0 Å². The summed E-state index contributed by atoms with van der Waals surface area (Å²) in [6.07, 6.45) is 3.29. The molecule has 0 unspecified atom stereocenters. The molecule has 1 aromatic carbocycles. The largest absolute Gasteiger partial charge is 0.310 e. The van der Waals surface area contributed by atoms with Crippen molar-refractivity contribution in [3.05, 3.63) is 46.0 Å². The van der Waals surface area contributed by atoms with Crippen molar-refractivity contribution < 1.29 is 4.79 Å². The Morgan fingerprint density at radius 2 is 2.38 bits per heavy atom. The first-order valence-corrected chi connectivity index (χ1v) is 9.32. The first kappa shape index (κ1) is 15.7. The standard InChI is InChI=1S/C18H22N4OS/c1-22-9-7-15-16(11-22)24-18(20-15)21-17(23)13-5-2-4-12(10-13)14-6-3-8-19-14/h2,4-5,10,14,19H,3,6-9,11H2,1H3,(H,20,21,23)/t14-/m1/s1. The Hall–Kier alpha value is -1.76. The molecule has 1 saturated heterocycles. The van der Waals surface area contributed by atoms with E-state index in [-0.39, 0.29) is 5.91 Å². The van der Waals surface area contributed by atoms with Gasteiger partial charge in [0.05, 0.1) is 5.69 Å². The second-order valence-corrected chi connectivity index (χ2v) is 7.69. The van der Waals surface area contributed by atoms with Gasteiger partial charge in [-0.15, -0.1) is 11.3 Å². The molecule has 0 saturated carbocycles. The van der Waals surface area contributed by atoms with Crippen LogP contribution in [0.2, 0.25) is 0 Å². The zero-order valence-corrected chi connectivity index (χ0v) is 14.7. The van der Waals surface area contributed by atoms with E-state index in [0.717, 1.165) is 38.2 Å². The number of likely N-dealkylation sites (N-methyl/N-ethyl adjacent to an activating group) is 1. The van der Waals surface area contributed by atoms with Gasteiger partial charge in [-0.3, -0.25) is 10.1 Å². The average molecular weight is 342 g/mol. The van der Waals surface area contributed by atoms with E-state index in [1.54, 1.807) is 11.3 Å². The van der Waals surface area contributed by atoms with Gasteiger partial charge in [0.2, 0.25) is 0 Å². The molecule has 0 radical (unpaired) electrons. The minimum absolute atomic E-state index is 0.0747.